The second-order valence-corrected chi connectivity index (χ2v) is 7.60. The van der Waals surface area contributed by atoms with Gasteiger partial charge in [0.15, 0.2) is 5.65 Å². The summed E-state index contributed by atoms with van der Waals surface area (Å²) in [5.74, 6) is -0.586. The molecule has 0 unspecified atom stereocenters. The molecule has 4 aromatic rings. The number of aromatic nitrogens is 3. The molecule has 0 aliphatic heterocycles. The van der Waals surface area contributed by atoms with Gasteiger partial charge in [-0.3, -0.25) is 4.79 Å². The van der Waals surface area contributed by atoms with Crippen LogP contribution in [0.2, 0.25) is 0 Å². The molecule has 2 aromatic heterocycles. The van der Waals surface area contributed by atoms with Crippen molar-refractivity contribution in [1.29, 1.82) is 0 Å². The number of hydrogen-bond donors (Lipinski definition) is 1. The molecule has 0 aliphatic carbocycles. The van der Waals surface area contributed by atoms with Crippen molar-refractivity contribution in [3.05, 3.63) is 88.0 Å². The van der Waals surface area contributed by atoms with Crippen molar-refractivity contribution < 1.29 is 9.18 Å². The minimum atomic E-state index is -0.303. The molecule has 0 atom stereocenters. The van der Waals surface area contributed by atoms with Crippen LogP contribution in [0.3, 0.4) is 0 Å². The number of nitrogens with one attached hydrogen (secondary N) is 1. The lowest BCUT2D eigenvalue weighted by Gasteiger charge is -2.09. The lowest BCUT2D eigenvalue weighted by molar-refractivity contribution is 0.0946. The van der Waals surface area contributed by atoms with Gasteiger partial charge in [0.1, 0.15) is 11.5 Å². The van der Waals surface area contributed by atoms with Gasteiger partial charge in [-0.2, -0.15) is 5.10 Å². The van der Waals surface area contributed by atoms with Crippen LogP contribution in [0, 0.1) is 33.5 Å². The molecule has 0 spiro atoms. The van der Waals surface area contributed by atoms with E-state index in [9.17, 15) is 9.18 Å². The quantitative estimate of drug-likeness (QED) is 0.537. The number of carbonyl (C=O) groups is 1. The maximum Gasteiger partial charge on any atom is 0.270 e. The number of pyridine rings is 1. The first-order chi connectivity index (χ1) is 14.3. The predicted molar refractivity (Wildman–Crippen MR) is 115 cm³/mol. The molecule has 0 radical (unpaired) electrons. The molecular formula is C24H23FN4O. The van der Waals surface area contributed by atoms with Crippen molar-refractivity contribution in [2.24, 2.45) is 0 Å². The van der Waals surface area contributed by atoms with Crippen LogP contribution in [0.5, 0.6) is 0 Å². The summed E-state index contributed by atoms with van der Waals surface area (Å²) >= 11 is 0. The molecule has 1 N–H and O–H groups in total. The molecular weight excluding hydrogens is 379 g/mol. The third kappa shape index (κ3) is 3.68. The fraction of sp³-hybridized carbons (Fsp3) is 0.208. The Hall–Kier alpha value is -3.54. The summed E-state index contributed by atoms with van der Waals surface area (Å²) in [5, 5.41) is 8.48. The first-order valence-electron chi connectivity index (χ1n) is 9.80. The zero-order chi connectivity index (χ0) is 21.4. The largest absolute Gasteiger partial charge is 0.347 e. The molecule has 5 nitrogen and oxygen atoms in total. The molecule has 0 saturated carbocycles. The predicted octanol–water partition coefficient (Wildman–Crippen LogP) is 4.72. The highest BCUT2D eigenvalue weighted by Gasteiger charge is 2.17. The first-order valence-corrected chi connectivity index (χ1v) is 9.80. The fourth-order valence-electron chi connectivity index (χ4n) is 3.53. The van der Waals surface area contributed by atoms with Gasteiger partial charge in [0.25, 0.3) is 5.91 Å². The van der Waals surface area contributed by atoms with Crippen LogP contribution >= 0.6 is 0 Å². The van der Waals surface area contributed by atoms with Crippen LogP contribution in [0.4, 0.5) is 4.39 Å². The van der Waals surface area contributed by atoms with E-state index in [1.54, 1.807) is 22.9 Å². The molecule has 0 bridgehead atoms. The van der Waals surface area contributed by atoms with Crippen molar-refractivity contribution >= 4 is 16.9 Å². The summed E-state index contributed by atoms with van der Waals surface area (Å²) in [5.41, 5.74) is 6.89. The summed E-state index contributed by atoms with van der Waals surface area (Å²) in [6, 6.07) is 14.0. The highest BCUT2D eigenvalue weighted by molar-refractivity contribution is 5.96. The number of nitrogens with zero attached hydrogens (tertiary/aromatic N) is 3. The molecule has 0 saturated heterocycles. The lowest BCUT2D eigenvalue weighted by atomic mass is 10.1. The average molecular weight is 402 g/mol. The van der Waals surface area contributed by atoms with E-state index < -0.39 is 0 Å². The number of carbonyl (C=O) groups excluding carboxylic acids is 1. The molecule has 0 fully saturated rings. The molecule has 0 aliphatic rings. The van der Waals surface area contributed by atoms with Crippen LogP contribution in [0.15, 0.2) is 48.5 Å². The Morgan fingerprint density at radius 1 is 0.967 bits per heavy atom. The van der Waals surface area contributed by atoms with E-state index in [1.807, 2.05) is 19.9 Å². The number of hydrogen-bond acceptors (Lipinski definition) is 3. The van der Waals surface area contributed by atoms with Crippen LogP contribution in [0.25, 0.3) is 16.7 Å². The number of rotatable bonds is 4. The van der Waals surface area contributed by atoms with E-state index in [1.165, 1.54) is 23.3 Å². The van der Waals surface area contributed by atoms with Gasteiger partial charge >= 0.3 is 0 Å². The molecule has 4 rings (SSSR count). The third-order valence-electron chi connectivity index (χ3n) is 5.34. The monoisotopic (exact) mass is 402 g/mol. The molecule has 30 heavy (non-hydrogen) atoms. The van der Waals surface area contributed by atoms with Gasteiger partial charge in [-0.15, -0.1) is 0 Å². The molecule has 1 amide bonds. The van der Waals surface area contributed by atoms with E-state index >= 15 is 0 Å². The minimum Gasteiger partial charge on any atom is -0.347 e. The van der Waals surface area contributed by atoms with Gasteiger partial charge in [0, 0.05) is 11.9 Å². The zero-order valence-corrected chi connectivity index (χ0v) is 17.5. The zero-order valence-electron chi connectivity index (χ0n) is 17.5. The van der Waals surface area contributed by atoms with Crippen LogP contribution in [0.1, 0.15) is 38.4 Å². The number of benzene rings is 2. The lowest BCUT2D eigenvalue weighted by Crippen LogP contribution is -2.24. The maximum absolute atomic E-state index is 13.1. The molecule has 2 heterocycles. The second-order valence-electron chi connectivity index (χ2n) is 7.60. The van der Waals surface area contributed by atoms with Gasteiger partial charge in [0.2, 0.25) is 0 Å². The number of aryl methyl sites for hydroxylation is 4. The summed E-state index contributed by atoms with van der Waals surface area (Å²) in [7, 11) is 0. The Kier molecular flexibility index (Phi) is 5.08. The standard InChI is InChI=1S/C24H23FN4O/c1-14-5-10-20(11-15(14)2)29-23-22(17(4)28-29)16(3)12-21(27-23)24(30)26-13-18-6-8-19(25)9-7-18/h5-12H,13H2,1-4H3,(H,26,30). The molecule has 6 heteroatoms. The maximum atomic E-state index is 13.1. The SMILES string of the molecule is Cc1ccc(-n2nc(C)c3c(C)cc(C(=O)NCc4ccc(F)cc4)nc32)cc1C. The number of amides is 1. The van der Waals surface area contributed by atoms with Crippen molar-refractivity contribution in [2.45, 2.75) is 34.2 Å². The van der Waals surface area contributed by atoms with Crippen LogP contribution in [-0.2, 0) is 6.54 Å². The van der Waals surface area contributed by atoms with Gasteiger partial charge in [-0.25, -0.2) is 14.1 Å². The fourth-order valence-corrected chi connectivity index (χ4v) is 3.53. The van der Waals surface area contributed by atoms with Crippen molar-refractivity contribution in [2.75, 3.05) is 0 Å². The van der Waals surface area contributed by atoms with Crippen molar-refractivity contribution in [3.8, 4) is 5.69 Å². The van der Waals surface area contributed by atoms with Gasteiger partial charge in [-0.1, -0.05) is 18.2 Å². The Labute approximate surface area is 174 Å². The number of halogens is 1. The second kappa shape index (κ2) is 7.71. The first kappa shape index (κ1) is 19.8. The third-order valence-corrected chi connectivity index (χ3v) is 5.34. The Morgan fingerprint density at radius 3 is 2.40 bits per heavy atom. The summed E-state index contributed by atoms with van der Waals surface area (Å²) in [4.78, 5) is 17.4. The van der Waals surface area contributed by atoms with E-state index in [2.05, 4.69) is 41.4 Å². The van der Waals surface area contributed by atoms with Crippen molar-refractivity contribution in [1.82, 2.24) is 20.1 Å². The van der Waals surface area contributed by atoms with Gasteiger partial charge < -0.3 is 5.32 Å². The van der Waals surface area contributed by atoms with E-state index in [4.69, 9.17) is 0 Å². The van der Waals surface area contributed by atoms with E-state index in [-0.39, 0.29) is 11.7 Å². The minimum absolute atomic E-state index is 0.283. The van der Waals surface area contributed by atoms with Gasteiger partial charge in [0.05, 0.1) is 11.4 Å². The van der Waals surface area contributed by atoms with E-state index in [0.29, 0.717) is 17.9 Å². The van der Waals surface area contributed by atoms with E-state index in [0.717, 1.165) is 27.9 Å². The smallest absolute Gasteiger partial charge is 0.270 e. The van der Waals surface area contributed by atoms with Crippen molar-refractivity contribution in [3.63, 3.8) is 0 Å². The Morgan fingerprint density at radius 2 is 1.70 bits per heavy atom. The Bertz CT molecular complexity index is 1260. The highest BCUT2D eigenvalue weighted by Crippen LogP contribution is 2.25. The summed E-state index contributed by atoms with van der Waals surface area (Å²) < 4.78 is 14.9. The highest BCUT2D eigenvalue weighted by atomic mass is 19.1. The molecule has 2 aromatic carbocycles. The summed E-state index contributed by atoms with van der Waals surface area (Å²) in [6.07, 6.45) is 0. The normalized spacial score (nSPS) is 11.1. The average Bonchev–Trinajstić information content (AvgIpc) is 3.06. The summed E-state index contributed by atoms with van der Waals surface area (Å²) in [6.45, 7) is 8.33. The topological polar surface area (TPSA) is 59.8 Å². The van der Waals surface area contributed by atoms with Crippen LogP contribution < -0.4 is 5.32 Å². The van der Waals surface area contributed by atoms with Crippen LogP contribution in [-0.4, -0.2) is 20.7 Å². The number of fused-ring (bicyclic) bond motifs is 1. The molecule has 152 valence electrons. The van der Waals surface area contributed by atoms with Gasteiger partial charge in [-0.05, 0) is 80.3 Å². The Balaban J connectivity index is 1.70.